The lowest BCUT2D eigenvalue weighted by atomic mass is 10.1. The fourth-order valence-electron chi connectivity index (χ4n) is 2.74. The molecule has 0 bridgehead atoms. The molecular weight excluding hydrogens is 376 g/mol. The topological polar surface area (TPSA) is 84.5 Å². The number of hydrogen-bond donors (Lipinski definition) is 2. The zero-order chi connectivity index (χ0) is 20.1. The lowest BCUT2D eigenvalue weighted by Gasteiger charge is -2.23. The van der Waals surface area contributed by atoms with Gasteiger partial charge < -0.3 is 15.4 Å². The van der Waals surface area contributed by atoms with Crippen molar-refractivity contribution in [2.75, 3.05) is 10.6 Å². The Labute approximate surface area is 168 Å². The van der Waals surface area contributed by atoms with Gasteiger partial charge in [0, 0.05) is 10.6 Å². The summed E-state index contributed by atoms with van der Waals surface area (Å²) in [5.74, 6) is -1.24. The molecule has 28 heavy (non-hydrogen) atoms. The Morgan fingerprint density at radius 1 is 1.18 bits per heavy atom. The number of esters is 1. The quantitative estimate of drug-likeness (QED) is 0.726. The van der Waals surface area contributed by atoms with E-state index in [1.54, 1.807) is 0 Å². The van der Waals surface area contributed by atoms with E-state index in [9.17, 15) is 14.4 Å². The van der Waals surface area contributed by atoms with E-state index < -0.39 is 23.2 Å². The smallest absolute Gasteiger partial charge is 0.308 e. The summed E-state index contributed by atoms with van der Waals surface area (Å²) in [7, 11) is 0. The molecule has 1 heterocycles. The van der Waals surface area contributed by atoms with Crippen molar-refractivity contribution in [2.45, 2.75) is 42.9 Å². The highest BCUT2D eigenvalue weighted by atomic mass is 32.2. The van der Waals surface area contributed by atoms with E-state index in [-0.39, 0.29) is 12.3 Å². The van der Waals surface area contributed by atoms with Gasteiger partial charge in [0.1, 0.15) is 0 Å². The first kappa shape index (κ1) is 19.9. The van der Waals surface area contributed by atoms with Crippen molar-refractivity contribution < 1.29 is 19.1 Å². The van der Waals surface area contributed by atoms with Crippen LogP contribution in [0.25, 0.3) is 0 Å². The first-order valence-electron chi connectivity index (χ1n) is 9.12. The number of carbonyl (C=O) groups excluding carboxylic acids is 3. The summed E-state index contributed by atoms with van der Waals surface area (Å²) >= 11 is 1.32. The molecule has 0 aliphatic carbocycles. The third-order valence-electron chi connectivity index (χ3n) is 4.37. The van der Waals surface area contributed by atoms with Crippen molar-refractivity contribution >= 4 is 40.9 Å². The third kappa shape index (κ3) is 4.92. The molecule has 2 atom stereocenters. The normalized spacial score (nSPS) is 16.5. The van der Waals surface area contributed by atoms with Crippen LogP contribution in [0.3, 0.4) is 0 Å². The third-order valence-corrected chi connectivity index (χ3v) is 5.64. The molecule has 2 aromatic rings. The van der Waals surface area contributed by atoms with Gasteiger partial charge in [-0.05, 0) is 43.2 Å². The predicted octanol–water partition coefficient (Wildman–Crippen LogP) is 3.62. The van der Waals surface area contributed by atoms with Gasteiger partial charge in [0.15, 0.2) is 6.10 Å². The van der Waals surface area contributed by atoms with E-state index in [1.807, 2.05) is 48.5 Å². The van der Waals surface area contributed by atoms with Crippen molar-refractivity contribution in [3.63, 3.8) is 0 Å². The van der Waals surface area contributed by atoms with E-state index in [1.165, 1.54) is 24.2 Å². The highest BCUT2D eigenvalue weighted by Crippen LogP contribution is 2.36. The molecule has 0 aromatic heterocycles. The van der Waals surface area contributed by atoms with Crippen LogP contribution in [0.15, 0.2) is 53.4 Å². The van der Waals surface area contributed by atoms with Crippen LogP contribution in [0, 0.1) is 0 Å². The minimum Gasteiger partial charge on any atom is -0.452 e. The van der Waals surface area contributed by atoms with Gasteiger partial charge >= 0.3 is 5.97 Å². The van der Waals surface area contributed by atoms with Gasteiger partial charge in [-0.15, -0.1) is 11.8 Å². The van der Waals surface area contributed by atoms with Gasteiger partial charge in [0.2, 0.25) is 5.91 Å². The second-order valence-corrected chi connectivity index (χ2v) is 7.71. The highest BCUT2D eigenvalue weighted by Gasteiger charge is 2.30. The maximum absolute atomic E-state index is 12.2. The minimum atomic E-state index is -0.956. The molecule has 2 amide bonds. The summed E-state index contributed by atoms with van der Waals surface area (Å²) in [5, 5.41) is 4.93. The van der Waals surface area contributed by atoms with Gasteiger partial charge in [-0.25, -0.2) is 0 Å². The maximum Gasteiger partial charge on any atom is 0.308 e. The molecule has 7 heteroatoms. The molecule has 3 rings (SSSR count). The number of rotatable bonds is 6. The summed E-state index contributed by atoms with van der Waals surface area (Å²) in [5.41, 5.74) is 2.55. The van der Waals surface area contributed by atoms with Crippen LogP contribution in [0.2, 0.25) is 0 Å². The summed E-state index contributed by atoms with van der Waals surface area (Å²) in [6, 6.07) is 14.9. The van der Waals surface area contributed by atoms with E-state index >= 15 is 0 Å². The average Bonchev–Trinajstić information content (AvgIpc) is 2.69. The van der Waals surface area contributed by atoms with Crippen molar-refractivity contribution in [3.8, 4) is 0 Å². The van der Waals surface area contributed by atoms with Gasteiger partial charge in [-0.2, -0.15) is 0 Å². The summed E-state index contributed by atoms with van der Waals surface area (Å²) in [6.45, 7) is 3.57. The molecule has 1 aliphatic heterocycles. The lowest BCUT2D eigenvalue weighted by molar-refractivity contribution is -0.153. The van der Waals surface area contributed by atoms with Gasteiger partial charge in [-0.3, -0.25) is 14.4 Å². The molecule has 0 fully saturated rings. The fourth-order valence-corrected chi connectivity index (χ4v) is 3.84. The number of nitrogens with one attached hydrogen (secondary N) is 2. The van der Waals surface area contributed by atoms with Crippen molar-refractivity contribution in [1.29, 1.82) is 0 Å². The highest BCUT2D eigenvalue weighted by molar-refractivity contribution is 8.01. The predicted molar refractivity (Wildman–Crippen MR) is 109 cm³/mol. The average molecular weight is 398 g/mol. The second kappa shape index (κ2) is 8.93. The van der Waals surface area contributed by atoms with Gasteiger partial charge in [0.05, 0.1) is 17.4 Å². The molecule has 6 nitrogen and oxygen atoms in total. The maximum atomic E-state index is 12.2. The Morgan fingerprint density at radius 3 is 2.61 bits per heavy atom. The van der Waals surface area contributed by atoms with E-state index in [0.717, 1.165) is 17.0 Å². The van der Waals surface area contributed by atoms with Crippen LogP contribution >= 0.6 is 11.8 Å². The van der Waals surface area contributed by atoms with E-state index in [4.69, 9.17) is 4.74 Å². The second-order valence-electron chi connectivity index (χ2n) is 6.47. The molecule has 2 N–H and O–H groups in total. The van der Waals surface area contributed by atoms with Crippen molar-refractivity contribution in [2.24, 2.45) is 0 Å². The SMILES string of the molecule is CCc1ccc(NC(=O)[C@@H](C)OC(=O)C[C@@H]2Sc3ccccc3NC2=O)cc1. The van der Waals surface area contributed by atoms with Crippen LogP contribution in [-0.2, 0) is 25.5 Å². The Bertz CT molecular complexity index is 882. The summed E-state index contributed by atoms with van der Waals surface area (Å²) < 4.78 is 5.22. The number of ether oxygens (including phenoxy) is 1. The minimum absolute atomic E-state index is 0.104. The van der Waals surface area contributed by atoms with Crippen LogP contribution in [-0.4, -0.2) is 29.1 Å². The molecule has 0 saturated heterocycles. The molecule has 146 valence electrons. The Hall–Kier alpha value is -2.80. The number of para-hydroxylation sites is 1. The van der Waals surface area contributed by atoms with Crippen LogP contribution in [0.1, 0.15) is 25.8 Å². The standard InChI is InChI=1S/C21H22N2O4S/c1-3-14-8-10-15(11-9-14)22-20(25)13(2)27-19(24)12-18-21(26)23-16-6-4-5-7-17(16)28-18/h4-11,13,18H,3,12H2,1-2H3,(H,22,25)(H,23,26)/t13-,18+/m1/s1. The molecule has 0 saturated carbocycles. The molecule has 0 radical (unpaired) electrons. The Balaban J connectivity index is 1.52. The number of anilines is 2. The van der Waals surface area contributed by atoms with Crippen LogP contribution in [0.5, 0.6) is 0 Å². The molecule has 2 aromatic carbocycles. The molecule has 0 spiro atoms. The zero-order valence-corrected chi connectivity index (χ0v) is 16.5. The van der Waals surface area contributed by atoms with Gasteiger partial charge in [-0.1, -0.05) is 31.2 Å². The molecular formula is C21H22N2O4S. The van der Waals surface area contributed by atoms with Crippen LogP contribution < -0.4 is 10.6 Å². The fraction of sp³-hybridized carbons (Fsp3) is 0.286. The largest absolute Gasteiger partial charge is 0.452 e. The first-order chi connectivity index (χ1) is 13.5. The number of aryl methyl sites for hydroxylation is 1. The number of carbonyl (C=O) groups is 3. The Morgan fingerprint density at radius 2 is 1.89 bits per heavy atom. The van der Waals surface area contributed by atoms with E-state index in [2.05, 4.69) is 17.6 Å². The first-order valence-corrected chi connectivity index (χ1v) is 10.00. The number of amides is 2. The van der Waals surface area contributed by atoms with Crippen molar-refractivity contribution in [1.82, 2.24) is 0 Å². The number of thioether (sulfide) groups is 1. The molecule has 1 aliphatic rings. The van der Waals surface area contributed by atoms with E-state index in [0.29, 0.717) is 5.69 Å². The summed E-state index contributed by atoms with van der Waals surface area (Å²) in [6.07, 6.45) is -0.144. The number of fused-ring (bicyclic) bond motifs is 1. The van der Waals surface area contributed by atoms with Gasteiger partial charge in [0.25, 0.3) is 5.91 Å². The summed E-state index contributed by atoms with van der Waals surface area (Å²) in [4.78, 5) is 37.6. The number of benzene rings is 2. The monoisotopic (exact) mass is 398 g/mol. The lowest BCUT2D eigenvalue weighted by Crippen LogP contribution is -2.34. The van der Waals surface area contributed by atoms with Crippen LogP contribution in [0.4, 0.5) is 11.4 Å². The Kier molecular flexibility index (Phi) is 6.36. The zero-order valence-electron chi connectivity index (χ0n) is 15.7. The van der Waals surface area contributed by atoms with Crippen molar-refractivity contribution in [3.05, 3.63) is 54.1 Å². The molecule has 0 unspecified atom stereocenters. The number of hydrogen-bond acceptors (Lipinski definition) is 5.